The quantitative estimate of drug-likeness (QED) is 0.220. The number of hydrogen-bond acceptors (Lipinski definition) is 7. The summed E-state index contributed by atoms with van der Waals surface area (Å²) in [5.74, 6) is -0.617. The van der Waals surface area contributed by atoms with E-state index in [9.17, 15) is 17.6 Å². The number of halogens is 1. The molecule has 0 aliphatic rings. The minimum absolute atomic E-state index is 0.0662. The second-order valence-corrected chi connectivity index (χ2v) is 12.4. The monoisotopic (exact) mass is 583 g/mol. The second-order valence-electron chi connectivity index (χ2n) is 10.1. The van der Waals surface area contributed by atoms with Crippen molar-refractivity contribution in [3.05, 3.63) is 78.8 Å². The molecular formula is C30H26FN7O3S. The first-order chi connectivity index (χ1) is 20.2. The van der Waals surface area contributed by atoms with Crippen LogP contribution in [0.1, 0.15) is 18.9 Å². The van der Waals surface area contributed by atoms with Gasteiger partial charge in [0.05, 0.1) is 40.7 Å². The van der Waals surface area contributed by atoms with Crippen molar-refractivity contribution in [1.82, 2.24) is 30.1 Å². The number of H-pyrrole nitrogens is 2. The SMILES string of the molecule is CCC(=O)Nc1cncc(-c2cnc3n[nH]c(-c4cc5c(-c6cc(F)cc(CCS(C)(=O)=O)c6)cncc5[nH]4)c3c2)c1. The van der Waals surface area contributed by atoms with Gasteiger partial charge in [-0.2, -0.15) is 5.10 Å². The predicted molar refractivity (Wildman–Crippen MR) is 160 cm³/mol. The maximum atomic E-state index is 14.6. The minimum atomic E-state index is -3.19. The highest BCUT2D eigenvalue weighted by atomic mass is 32.2. The summed E-state index contributed by atoms with van der Waals surface area (Å²) in [7, 11) is -3.19. The van der Waals surface area contributed by atoms with Crippen LogP contribution in [0.5, 0.6) is 0 Å². The summed E-state index contributed by atoms with van der Waals surface area (Å²) in [5, 5.41) is 11.8. The molecule has 1 amide bonds. The van der Waals surface area contributed by atoms with Gasteiger partial charge in [-0.25, -0.2) is 17.8 Å². The normalized spacial score (nSPS) is 11.8. The summed E-state index contributed by atoms with van der Waals surface area (Å²) in [6, 6.07) is 10.3. The number of sulfone groups is 1. The molecule has 12 heteroatoms. The Labute approximate surface area is 240 Å². The topological polar surface area (TPSA) is 146 Å². The maximum Gasteiger partial charge on any atom is 0.224 e. The van der Waals surface area contributed by atoms with E-state index in [-0.39, 0.29) is 18.1 Å². The van der Waals surface area contributed by atoms with Crippen molar-refractivity contribution in [2.75, 3.05) is 17.3 Å². The third kappa shape index (κ3) is 5.61. The van der Waals surface area contributed by atoms with Crippen molar-refractivity contribution in [2.24, 2.45) is 0 Å². The summed E-state index contributed by atoms with van der Waals surface area (Å²) in [6.07, 6.45) is 10.1. The van der Waals surface area contributed by atoms with Crippen LogP contribution in [0.4, 0.5) is 10.1 Å². The van der Waals surface area contributed by atoms with Gasteiger partial charge in [-0.05, 0) is 47.9 Å². The molecule has 0 spiro atoms. The lowest BCUT2D eigenvalue weighted by Crippen LogP contribution is -2.09. The van der Waals surface area contributed by atoms with Crippen LogP contribution in [-0.2, 0) is 21.1 Å². The first-order valence-electron chi connectivity index (χ1n) is 13.2. The van der Waals surface area contributed by atoms with Crippen molar-refractivity contribution in [3.63, 3.8) is 0 Å². The number of anilines is 1. The third-order valence-electron chi connectivity index (χ3n) is 6.93. The van der Waals surface area contributed by atoms with Crippen LogP contribution < -0.4 is 5.32 Å². The molecule has 6 aromatic rings. The van der Waals surface area contributed by atoms with Gasteiger partial charge >= 0.3 is 0 Å². The standard InChI is InChI=1S/C30H26FN7O3S/c1-3-28(39)35-22-9-19(12-32-14-22)20-10-24-29(37-38-30(24)34-13-20)26-11-23-25(15-33-16-27(23)36-26)18-6-17(7-21(31)8-18)4-5-42(2,40)41/h6-16,36H,3-5H2,1-2H3,(H,35,39)(H,34,37,38). The summed E-state index contributed by atoms with van der Waals surface area (Å²) >= 11 is 0. The number of nitrogens with zero attached hydrogens (tertiary/aromatic N) is 4. The molecule has 0 radical (unpaired) electrons. The molecule has 0 saturated carbocycles. The first-order valence-corrected chi connectivity index (χ1v) is 15.3. The number of fused-ring (bicyclic) bond motifs is 2. The number of rotatable bonds is 8. The molecule has 10 nitrogen and oxygen atoms in total. The molecule has 42 heavy (non-hydrogen) atoms. The number of nitrogens with one attached hydrogen (secondary N) is 3. The average Bonchev–Trinajstić information content (AvgIpc) is 3.59. The van der Waals surface area contributed by atoms with Crippen LogP contribution in [0, 0.1) is 5.82 Å². The van der Waals surface area contributed by atoms with Gasteiger partial charge in [0, 0.05) is 58.7 Å². The number of carbonyl (C=O) groups excluding carboxylic acids is 1. The van der Waals surface area contributed by atoms with Crippen molar-refractivity contribution in [2.45, 2.75) is 19.8 Å². The van der Waals surface area contributed by atoms with Gasteiger partial charge in [-0.1, -0.05) is 13.0 Å². The molecule has 6 rings (SSSR count). The summed E-state index contributed by atoms with van der Waals surface area (Å²) in [4.78, 5) is 28.4. The zero-order valence-corrected chi connectivity index (χ0v) is 23.6. The molecule has 0 fully saturated rings. The number of pyridine rings is 3. The fraction of sp³-hybridized carbons (Fsp3) is 0.167. The number of hydrogen-bond donors (Lipinski definition) is 3. The Bertz CT molecular complexity index is 2090. The lowest BCUT2D eigenvalue weighted by molar-refractivity contribution is -0.115. The highest BCUT2D eigenvalue weighted by molar-refractivity contribution is 7.90. The smallest absolute Gasteiger partial charge is 0.224 e. The molecule has 0 atom stereocenters. The molecule has 5 heterocycles. The summed E-state index contributed by atoms with van der Waals surface area (Å²) in [5.41, 5.74) is 6.77. The Morgan fingerprint density at radius 3 is 2.55 bits per heavy atom. The Morgan fingerprint density at radius 1 is 0.929 bits per heavy atom. The number of carbonyl (C=O) groups is 1. The molecule has 0 unspecified atom stereocenters. The molecule has 0 saturated heterocycles. The van der Waals surface area contributed by atoms with E-state index in [1.54, 1.807) is 44.0 Å². The summed E-state index contributed by atoms with van der Waals surface area (Å²) in [6.45, 7) is 1.78. The predicted octanol–water partition coefficient (Wildman–Crippen LogP) is 5.30. The van der Waals surface area contributed by atoms with Gasteiger partial charge in [0.2, 0.25) is 5.91 Å². The van der Waals surface area contributed by atoms with E-state index in [0.717, 1.165) is 39.4 Å². The van der Waals surface area contributed by atoms with Gasteiger partial charge in [-0.3, -0.25) is 19.9 Å². The van der Waals surface area contributed by atoms with Crippen LogP contribution in [0.15, 0.2) is 67.4 Å². The van der Waals surface area contributed by atoms with Crippen LogP contribution in [0.25, 0.3) is 55.6 Å². The van der Waals surface area contributed by atoms with E-state index >= 15 is 0 Å². The highest BCUT2D eigenvalue weighted by Crippen LogP contribution is 2.35. The van der Waals surface area contributed by atoms with E-state index in [4.69, 9.17) is 0 Å². The highest BCUT2D eigenvalue weighted by Gasteiger charge is 2.16. The van der Waals surface area contributed by atoms with Gasteiger partial charge in [-0.15, -0.1) is 0 Å². The molecule has 5 aromatic heterocycles. The Kier molecular flexibility index (Phi) is 6.99. The third-order valence-corrected chi connectivity index (χ3v) is 7.88. The maximum absolute atomic E-state index is 14.6. The number of aromatic amines is 2. The fourth-order valence-corrected chi connectivity index (χ4v) is 5.45. The molecule has 0 aliphatic heterocycles. The Morgan fingerprint density at radius 2 is 1.74 bits per heavy atom. The Balaban J connectivity index is 1.39. The van der Waals surface area contributed by atoms with E-state index in [1.165, 1.54) is 12.1 Å². The zero-order valence-electron chi connectivity index (χ0n) is 22.8. The first kappa shape index (κ1) is 27.2. The number of aryl methyl sites for hydroxylation is 1. The molecule has 0 bridgehead atoms. The van der Waals surface area contributed by atoms with Crippen LogP contribution in [0.3, 0.4) is 0 Å². The van der Waals surface area contributed by atoms with Crippen molar-refractivity contribution in [3.8, 4) is 33.6 Å². The molecular weight excluding hydrogens is 557 g/mol. The van der Waals surface area contributed by atoms with E-state index in [1.807, 2.05) is 18.2 Å². The molecule has 1 aromatic carbocycles. The number of amides is 1. The lowest BCUT2D eigenvalue weighted by Gasteiger charge is -2.07. The van der Waals surface area contributed by atoms with E-state index in [0.29, 0.717) is 40.1 Å². The number of benzene rings is 1. The second kappa shape index (κ2) is 10.8. The zero-order chi connectivity index (χ0) is 29.4. The van der Waals surface area contributed by atoms with Crippen molar-refractivity contribution in [1.29, 1.82) is 0 Å². The van der Waals surface area contributed by atoms with Crippen LogP contribution >= 0.6 is 0 Å². The largest absolute Gasteiger partial charge is 0.352 e. The average molecular weight is 584 g/mol. The minimum Gasteiger partial charge on any atom is -0.352 e. The Hall–Kier alpha value is -4.97. The van der Waals surface area contributed by atoms with E-state index in [2.05, 4.69) is 35.5 Å². The van der Waals surface area contributed by atoms with Gasteiger partial charge in [0.25, 0.3) is 0 Å². The molecule has 0 aliphatic carbocycles. The lowest BCUT2D eigenvalue weighted by atomic mass is 10.0. The van der Waals surface area contributed by atoms with Crippen LogP contribution in [0.2, 0.25) is 0 Å². The van der Waals surface area contributed by atoms with Gasteiger partial charge in [0.1, 0.15) is 15.7 Å². The van der Waals surface area contributed by atoms with Gasteiger partial charge in [0.15, 0.2) is 5.65 Å². The molecule has 3 N–H and O–H groups in total. The van der Waals surface area contributed by atoms with Crippen molar-refractivity contribution < 1.29 is 17.6 Å². The summed E-state index contributed by atoms with van der Waals surface area (Å²) < 4.78 is 37.9. The van der Waals surface area contributed by atoms with Crippen LogP contribution in [-0.4, -0.2) is 56.5 Å². The molecule has 212 valence electrons. The van der Waals surface area contributed by atoms with Crippen molar-refractivity contribution >= 4 is 43.4 Å². The van der Waals surface area contributed by atoms with E-state index < -0.39 is 15.7 Å². The fourth-order valence-electron chi connectivity index (χ4n) is 4.85. The van der Waals surface area contributed by atoms with Gasteiger partial charge < -0.3 is 10.3 Å². The number of aromatic nitrogens is 6.